The predicted molar refractivity (Wildman–Crippen MR) is 58.9 cm³/mol. The van der Waals surface area contributed by atoms with Crippen molar-refractivity contribution in [3.05, 3.63) is 21.9 Å². The van der Waals surface area contributed by atoms with Gasteiger partial charge < -0.3 is 20.1 Å². The molecule has 1 aromatic rings. The minimum Gasteiger partial charge on any atom is -0.477 e. The van der Waals surface area contributed by atoms with Crippen LogP contribution < -0.4 is 0 Å². The molecular formula is C10H12O6S. The third kappa shape index (κ3) is 3.26. The Morgan fingerprint density at radius 1 is 1.47 bits per heavy atom. The van der Waals surface area contributed by atoms with Crippen LogP contribution in [0.1, 0.15) is 27.8 Å². The molecule has 0 fully saturated rings. The number of carbonyl (C=O) groups is 2. The van der Waals surface area contributed by atoms with Gasteiger partial charge in [0.2, 0.25) is 0 Å². The molecule has 17 heavy (non-hydrogen) atoms. The van der Waals surface area contributed by atoms with Crippen molar-refractivity contribution in [3.63, 3.8) is 0 Å². The molecule has 1 rings (SSSR count). The van der Waals surface area contributed by atoms with Crippen molar-refractivity contribution in [2.24, 2.45) is 0 Å². The van der Waals surface area contributed by atoms with E-state index in [1.54, 1.807) is 0 Å². The number of methoxy groups -OCH3 is 1. The molecule has 1 aromatic heterocycles. The Hall–Kier alpha value is -1.44. The second-order valence-electron chi connectivity index (χ2n) is 3.30. The summed E-state index contributed by atoms with van der Waals surface area (Å²) in [7, 11) is 1.16. The molecule has 0 aromatic carbocycles. The summed E-state index contributed by atoms with van der Waals surface area (Å²) in [5.41, 5.74) is 0.0962. The predicted octanol–water partition coefficient (Wildman–Crippen LogP) is 0.404. The fourth-order valence-corrected chi connectivity index (χ4v) is 2.08. The lowest BCUT2D eigenvalue weighted by molar-refractivity contribution is -0.144. The topological polar surface area (TPSA) is 104 Å². The number of hydrogen-bond acceptors (Lipinski definition) is 6. The van der Waals surface area contributed by atoms with Gasteiger partial charge in [0, 0.05) is 5.56 Å². The van der Waals surface area contributed by atoms with Gasteiger partial charge in [-0.1, -0.05) is 0 Å². The molecule has 94 valence electrons. The smallest absolute Gasteiger partial charge is 0.346 e. The molecule has 7 heteroatoms. The highest BCUT2D eigenvalue weighted by Gasteiger charge is 2.26. The SMILES string of the molecule is COC(=O)CC(O)C(O)c1ccsc1C(=O)O. The minimum atomic E-state index is -1.42. The number of aromatic carboxylic acids is 1. The standard InChI is InChI=1S/C10H12O6S/c1-16-7(12)4-6(11)8(13)5-2-3-17-9(5)10(14)15/h2-3,6,8,11,13H,4H2,1H3,(H,14,15). The first-order chi connectivity index (χ1) is 7.97. The number of hydrogen-bond donors (Lipinski definition) is 3. The van der Waals surface area contributed by atoms with Crippen LogP contribution in [0.15, 0.2) is 11.4 Å². The van der Waals surface area contributed by atoms with Crippen LogP contribution in [-0.2, 0) is 9.53 Å². The van der Waals surface area contributed by atoms with Crippen molar-refractivity contribution in [3.8, 4) is 0 Å². The van der Waals surface area contributed by atoms with Gasteiger partial charge in [0.25, 0.3) is 0 Å². The van der Waals surface area contributed by atoms with Crippen LogP contribution in [0.25, 0.3) is 0 Å². The largest absolute Gasteiger partial charge is 0.477 e. The van der Waals surface area contributed by atoms with Gasteiger partial charge in [-0.05, 0) is 11.4 Å². The Bertz CT molecular complexity index is 413. The van der Waals surface area contributed by atoms with Crippen molar-refractivity contribution in [2.75, 3.05) is 7.11 Å². The Labute approximate surface area is 101 Å². The van der Waals surface area contributed by atoms with Gasteiger partial charge in [-0.3, -0.25) is 4.79 Å². The van der Waals surface area contributed by atoms with Crippen molar-refractivity contribution >= 4 is 23.3 Å². The number of carbonyl (C=O) groups excluding carboxylic acids is 1. The van der Waals surface area contributed by atoms with E-state index in [0.717, 1.165) is 18.4 Å². The van der Waals surface area contributed by atoms with E-state index in [0.29, 0.717) is 0 Å². The van der Waals surface area contributed by atoms with E-state index in [9.17, 15) is 19.8 Å². The van der Waals surface area contributed by atoms with Crippen molar-refractivity contribution < 1.29 is 29.6 Å². The van der Waals surface area contributed by atoms with Gasteiger partial charge in [-0.15, -0.1) is 11.3 Å². The molecule has 0 bridgehead atoms. The quantitative estimate of drug-likeness (QED) is 0.662. The number of aliphatic hydroxyl groups excluding tert-OH is 2. The van der Waals surface area contributed by atoms with Crippen LogP contribution in [-0.4, -0.2) is 40.5 Å². The van der Waals surface area contributed by atoms with Crippen LogP contribution in [0.3, 0.4) is 0 Å². The molecule has 2 atom stereocenters. The molecule has 0 aliphatic heterocycles. The van der Waals surface area contributed by atoms with Crippen LogP contribution >= 0.6 is 11.3 Å². The molecule has 0 saturated carbocycles. The van der Waals surface area contributed by atoms with Gasteiger partial charge in [0.1, 0.15) is 11.0 Å². The number of aliphatic hydroxyl groups is 2. The first-order valence-electron chi connectivity index (χ1n) is 4.71. The summed E-state index contributed by atoms with van der Waals surface area (Å²) in [5, 5.41) is 29.6. The second-order valence-corrected chi connectivity index (χ2v) is 4.22. The van der Waals surface area contributed by atoms with Crippen LogP contribution in [0.5, 0.6) is 0 Å². The molecule has 3 N–H and O–H groups in total. The second kappa shape index (κ2) is 5.76. The van der Waals surface area contributed by atoms with Gasteiger partial charge >= 0.3 is 11.9 Å². The number of carboxylic acid groups (broad SMARTS) is 1. The molecule has 0 aliphatic carbocycles. The summed E-state index contributed by atoms with van der Waals surface area (Å²) >= 11 is 0.941. The zero-order valence-corrected chi connectivity index (χ0v) is 9.81. The lowest BCUT2D eigenvalue weighted by atomic mass is 10.0. The van der Waals surface area contributed by atoms with E-state index in [1.807, 2.05) is 0 Å². The van der Waals surface area contributed by atoms with E-state index in [-0.39, 0.29) is 10.4 Å². The van der Waals surface area contributed by atoms with Crippen molar-refractivity contribution in [1.29, 1.82) is 0 Å². The molecular weight excluding hydrogens is 248 g/mol. The Kier molecular flexibility index (Phi) is 4.62. The molecule has 0 spiro atoms. The van der Waals surface area contributed by atoms with E-state index in [4.69, 9.17) is 5.11 Å². The lowest BCUT2D eigenvalue weighted by Crippen LogP contribution is -2.23. The molecule has 0 saturated heterocycles. The fraction of sp³-hybridized carbons (Fsp3) is 0.400. The number of carboxylic acids is 1. The van der Waals surface area contributed by atoms with Gasteiger partial charge in [-0.25, -0.2) is 4.79 Å². The maximum atomic E-state index is 10.9. The van der Waals surface area contributed by atoms with Crippen LogP contribution in [0.2, 0.25) is 0 Å². The summed E-state index contributed by atoms with van der Waals surface area (Å²) in [5.74, 6) is -1.86. The zero-order valence-electron chi connectivity index (χ0n) is 8.99. The van der Waals surface area contributed by atoms with Crippen LogP contribution in [0.4, 0.5) is 0 Å². The molecule has 2 unspecified atom stereocenters. The average molecular weight is 260 g/mol. The summed E-state index contributed by atoms with van der Waals surface area (Å²) in [6.07, 6.45) is -3.21. The Balaban J connectivity index is 2.81. The van der Waals surface area contributed by atoms with Gasteiger partial charge in [-0.2, -0.15) is 0 Å². The molecule has 6 nitrogen and oxygen atoms in total. The van der Waals surface area contributed by atoms with Crippen LogP contribution in [0, 0.1) is 0 Å². The van der Waals surface area contributed by atoms with Crippen molar-refractivity contribution in [1.82, 2.24) is 0 Å². The lowest BCUT2D eigenvalue weighted by Gasteiger charge is -2.16. The van der Waals surface area contributed by atoms with E-state index in [1.165, 1.54) is 11.4 Å². The first kappa shape index (κ1) is 13.6. The highest BCUT2D eigenvalue weighted by molar-refractivity contribution is 7.12. The van der Waals surface area contributed by atoms with Gasteiger partial charge in [0.05, 0.1) is 19.6 Å². The number of rotatable bonds is 5. The number of ether oxygens (including phenoxy) is 1. The highest BCUT2D eigenvalue weighted by Crippen LogP contribution is 2.27. The maximum Gasteiger partial charge on any atom is 0.346 e. The summed E-state index contributed by atoms with van der Waals surface area (Å²) in [6, 6.07) is 1.40. The highest BCUT2D eigenvalue weighted by atomic mass is 32.1. The van der Waals surface area contributed by atoms with E-state index in [2.05, 4.69) is 4.74 Å². The molecule has 0 aliphatic rings. The zero-order chi connectivity index (χ0) is 13.0. The van der Waals surface area contributed by atoms with Crippen molar-refractivity contribution in [2.45, 2.75) is 18.6 Å². The molecule has 1 heterocycles. The number of thiophene rings is 1. The minimum absolute atomic E-state index is 0.0542. The first-order valence-corrected chi connectivity index (χ1v) is 5.59. The average Bonchev–Trinajstić information content (AvgIpc) is 2.76. The normalized spacial score (nSPS) is 14.1. The fourth-order valence-electron chi connectivity index (χ4n) is 1.30. The number of esters is 1. The third-order valence-electron chi connectivity index (χ3n) is 2.18. The Morgan fingerprint density at radius 2 is 2.12 bits per heavy atom. The van der Waals surface area contributed by atoms with E-state index >= 15 is 0 Å². The molecule has 0 radical (unpaired) electrons. The monoisotopic (exact) mass is 260 g/mol. The maximum absolute atomic E-state index is 10.9. The Morgan fingerprint density at radius 3 is 2.65 bits per heavy atom. The third-order valence-corrected chi connectivity index (χ3v) is 3.09. The summed E-state index contributed by atoms with van der Waals surface area (Å²) in [6.45, 7) is 0. The summed E-state index contributed by atoms with van der Waals surface area (Å²) < 4.78 is 4.34. The van der Waals surface area contributed by atoms with E-state index < -0.39 is 30.6 Å². The van der Waals surface area contributed by atoms with Gasteiger partial charge in [0.15, 0.2) is 0 Å². The molecule has 0 amide bonds. The summed E-state index contributed by atoms with van der Waals surface area (Å²) in [4.78, 5) is 21.7.